The summed E-state index contributed by atoms with van der Waals surface area (Å²) in [6.45, 7) is 5.82. The van der Waals surface area contributed by atoms with E-state index in [4.69, 9.17) is 0 Å². The zero-order valence-electron chi connectivity index (χ0n) is 14.8. The van der Waals surface area contributed by atoms with Gasteiger partial charge in [-0.15, -0.1) is 0 Å². The number of carbonyl (C=O) groups excluding carboxylic acids is 1. The zero-order valence-corrected chi connectivity index (χ0v) is 14.8. The summed E-state index contributed by atoms with van der Waals surface area (Å²) >= 11 is 0. The third-order valence-corrected chi connectivity index (χ3v) is 5.36. The topological polar surface area (TPSA) is 115 Å². The highest BCUT2D eigenvalue weighted by molar-refractivity contribution is 6.07. The van der Waals surface area contributed by atoms with Gasteiger partial charge in [0, 0.05) is 13.1 Å². The number of carboxylic acid groups (broad SMARTS) is 2. The van der Waals surface area contributed by atoms with Crippen molar-refractivity contribution in [3.8, 4) is 0 Å². The Hall–Kier alpha value is -2.15. The van der Waals surface area contributed by atoms with Crippen molar-refractivity contribution in [3.05, 3.63) is 22.8 Å². The van der Waals surface area contributed by atoms with Gasteiger partial charge < -0.3 is 20.2 Å². The van der Waals surface area contributed by atoms with Crippen molar-refractivity contribution in [3.63, 3.8) is 0 Å². The average molecular weight is 351 g/mol. The van der Waals surface area contributed by atoms with E-state index in [0.717, 1.165) is 0 Å². The van der Waals surface area contributed by atoms with E-state index in [1.54, 1.807) is 18.7 Å². The number of aliphatic hydroxyl groups is 1. The average Bonchev–Trinajstić information content (AvgIpc) is 2.55. The van der Waals surface area contributed by atoms with Gasteiger partial charge in [0.2, 0.25) is 0 Å². The van der Waals surface area contributed by atoms with Crippen molar-refractivity contribution >= 4 is 17.8 Å². The van der Waals surface area contributed by atoms with Crippen LogP contribution in [0.2, 0.25) is 0 Å². The molecule has 138 valence electrons. The van der Waals surface area contributed by atoms with E-state index < -0.39 is 29.4 Å². The molecule has 2 aliphatic rings. The number of piperidine rings is 1. The predicted octanol–water partition coefficient (Wildman–Crippen LogP) is 1.43. The fourth-order valence-electron chi connectivity index (χ4n) is 3.65. The molecule has 0 aromatic heterocycles. The number of rotatable bonds is 4. The summed E-state index contributed by atoms with van der Waals surface area (Å²) in [4.78, 5) is 37.9. The van der Waals surface area contributed by atoms with Crippen LogP contribution in [0.4, 0.5) is 0 Å². The van der Waals surface area contributed by atoms with Crippen LogP contribution in [0.1, 0.15) is 40.0 Å². The van der Waals surface area contributed by atoms with Crippen LogP contribution >= 0.6 is 0 Å². The maximum absolute atomic E-state index is 12.9. The maximum atomic E-state index is 12.9. The highest BCUT2D eigenvalue weighted by atomic mass is 16.4. The molecule has 1 fully saturated rings. The first kappa shape index (κ1) is 19.2. The van der Waals surface area contributed by atoms with Gasteiger partial charge in [-0.2, -0.15) is 0 Å². The summed E-state index contributed by atoms with van der Waals surface area (Å²) in [6, 6.07) is 0. The summed E-state index contributed by atoms with van der Waals surface area (Å²) in [5, 5.41) is 29.0. The smallest absolute Gasteiger partial charge is 0.332 e. The standard InChI is InChI=1S/C18H25NO6/c1-4-18(17(24)25)7-10(2)14(12(8-18)16(22)23)15(21)19-6-5-13(20)11(3)9-19/h7,11,13,20H,4-6,8-9H2,1-3H3,(H,22,23)(H,24,25). The largest absolute Gasteiger partial charge is 0.481 e. The van der Waals surface area contributed by atoms with Gasteiger partial charge in [-0.05, 0) is 37.7 Å². The van der Waals surface area contributed by atoms with E-state index in [0.29, 0.717) is 25.1 Å². The van der Waals surface area contributed by atoms with E-state index in [1.807, 2.05) is 6.92 Å². The summed E-state index contributed by atoms with van der Waals surface area (Å²) < 4.78 is 0. The molecule has 2 rings (SSSR count). The van der Waals surface area contributed by atoms with Crippen LogP contribution in [-0.4, -0.2) is 57.3 Å². The van der Waals surface area contributed by atoms with E-state index in [1.165, 1.54) is 6.08 Å². The molecule has 7 heteroatoms. The van der Waals surface area contributed by atoms with Gasteiger partial charge in [0.05, 0.1) is 22.7 Å². The van der Waals surface area contributed by atoms with E-state index in [2.05, 4.69) is 0 Å². The first-order valence-electron chi connectivity index (χ1n) is 8.50. The molecule has 1 aliphatic carbocycles. The first-order chi connectivity index (χ1) is 11.6. The Labute approximate surface area is 146 Å². The minimum Gasteiger partial charge on any atom is -0.481 e. The number of carboxylic acids is 2. The van der Waals surface area contributed by atoms with Crippen LogP contribution in [-0.2, 0) is 14.4 Å². The molecule has 0 bridgehead atoms. The number of likely N-dealkylation sites (tertiary alicyclic amines) is 1. The number of carbonyl (C=O) groups is 3. The van der Waals surface area contributed by atoms with Gasteiger partial charge in [0.1, 0.15) is 0 Å². The molecule has 3 N–H and O–H groups in total. The second kappa shape index (κ2) is 7.00. The molecule has 0 aromatic carbocycles. The SMILES string of the molecule is CCC1(C(=O)O)C=C(C)C(C(=O)N2CCC(O)C(C)C2)=C(C(=O)O)C1. The molecule has 1 amide bonds. The van der Waals surface area contributed by atoms with Crippen molar-refractivity contribution in [2.24, 2.45) is 11.3 Å². The summed E-state index contributed by atoms with van der Waals surface area (Å²) in [5.41, 5.74) is -0.974. The predicted molar refractivity (Wildman–Crippen MR) is 89.8 cm³/mol. The lowest BCUT2D eigenvalue weighted by atomic mass is 9.71. The molecule has 3 unspecified atom stereocenters. The van der Waals surface area contributed by atoms with Crippen molar-refractivity contribution in [1.29, 1.82) is 0 Å². The third kappa shape index (κ3) is 3.46. The normalized spacial score (nSPS) is 30.1. The number of hydrogen-bond donors (Lipinski definition) is 3. The molecular weight excluding hydrogens is 326 g/mol. The van der Waals surface area contributed by atoms with Crippen molar-refractivity contribution in [2.75, 3.05) is 13.1 Å². The molecule has 0 spiro atoms. The molecule has 0 radical (unpaired) electrons. The van der Waals surface area contributed by atoms with Crippen molar-refractivity contribution in [2.45, 2.75) is 46.1 Å². The molecule has 0 aromatic rings. The van der Waals surface area contributed by atoms with Crippen LogP contribution in [0.15, 0.2) is 22.8 Å². The Kier molecular flexibility index (Phi) is 5.37. The Morgan fingerprint density at radius 3 is 2.44 bits per heavy atom. The van der Waals surface area contributed by atoms with Crippen LogP contribution in [0.25, 0.3) is 0 Å². The summed E-state index contributed by atoms with van der Waals surface area (Å²) in [6.07, 6.45) is 1.51. The van der Waals surface area contributed by atoms with E-state index in [-0.39, 0.29) is 29.9 Å². The molecule has 1 saturated heterocycles. The zero-order chi connectivity index (χ0) is 18.9. The number of aliphatic carboxylic acids is 2. The minimum absolute atomic E-state index is 0.0846. The molecule has 25 heavy (non-hydrogen) atoms. The van der Waals surface area contributed by atoms with Gasteiger partial charge in [-0.25, -0.2) is 4.79 Å². The number of aliphatic hydroxyl groups excluding tert-OH is 1. The quantitative estimate of drug-likeness (QED) is 0.706. The third-order valence-electron chi connectivity index (χ3n) is 5.36. The van der Waals surface area contributed by atoms with Gasteiger partial charge in [-0.3, -0.25) is 9.59 Å². The Bertz CT molecular complexity index is 664. The monoisotopic (exact) mass is 351 g/mol. The van der Waals surface area contributed by atoms with Gasteiger partial charge in [0.25, 0.3) is 5.91 Å². The van der Waals surface area contributed by atoms with Crippen molar-refractivity contribution in [1.82, 2.24) is 4.90 Å². The molecule has 0 saturated carbocycles. The van der Waals surface area contributed by atoms with Crippen molar-refractivity contribution < 1.29 is 29.7 Å². The van der Waals surface area contributed by atoms with Gasteiger partial charge >= 0.3 is 11.9 Å². The minimum atomic E-state index is -1.30. The van der Waals surface area contributed by atoms with Crippen LogP contribution in [0.5, 0.6) is 0 Å². The highest BCUT2D eigenvalue weighted by Gasteiger charge is 2.43. The lowest BCUT2D eigenvalue weighted by molar-refractivity contribution is -0.146. The van der Waals surface area contributed by atoms with E-state index in [9.17, 15) is 29.7 Å². The molecule has 1 aliphatic heterocycles. The first-order valence-corrected chi connectivity index (χ1v) is 8.50. The van der Waals surface area contributed by atoms with Gasteiger partial charge in [0.15, 0.2) is 0 Å². The van der Waals surface area contributed by atoms with E-state index >= 15 is 0 Å². The Morgan fingerprint density at radius 1 is 1.32 bits per heavy atom. The molecular formula is C18H25NO6. The fraction of sp³-hybridized carbons (Fsp3) is 0.611. The van der Waals surface area contributed by atoms with Gasteiger partial charge in [-0.1, -0.05) is 19.9 Å². The Balaban J connectivity index is 2.42. The fourth-order valence-corrected chi connectivity index (χ4v) is 3.65. The van der Waals surface area contributed by atoms with Crippen LogP contribution in [0, 0.1) is 11.3 Å². The summed E-state index contributed by atoms with van der Waals surface area (Å²) in [5.74, 6) is -2.84. The lowest BCUT2D eigenvalue weighted by Gasteiger charge is -2.37. The number of amides is 1. The lowest BCUT2D eigenvalue weighted by Crippen LogP contribution is -2.46. The second-order valence-electron chi connectivity index (χ2n) is 7.06. The highest BCUT2D eigenvalue weighted by Crippen LogP contribution is 2.41. The van der Waals surface area contributed by atoms with Crippen LogP contribution < -0.4 is 0 Å². The molecule has 3 atom stereocenters. The maximum Gasteiger partial charge on any atom is 0.332 e. The van der Waals surface area contributed by atoms with Crippen LogP contribution in [0.3, 0.4) is 0 Å². The summed E-state index contributed by atoms with van der Waals surface area (Å²) in [7, 11) is 0. The molecule has 1 heterocycles. The Morgan fingerprint density at radius 2 is 1.96 bits per heavy atom. The molecule has 7 nitrogen and oxygen atoms in total. The second-order valence-corrected chi connectivity index (χ2v) is 7.06. The number of hydrogen-bond acceptors (Lipinski definition) is 4. The number of nitrogens with zero attached hydrogens (tertiary/aromatic N) is 1.